The number of sulfonamides is 1. The summed E-state index contributed by atoms with van der Waals surface area (Å²) in [6.07, 6.45) is -4.50. The molecular formula is C13H9F3NO2S. The lowest BCUT2D eigenvalue weighted by atomic mass is 10.2. The van der Waals surface area contributed by atoms with Crippen LogP contribution in [0.2, 0.25) is 0 Å². The Bertz CT molecular complexity index is 680. The quantitative estimate of drug-likeness (QED) is 0.945. The van der Waals surface area contributed by atoms with Gasteiger partial charge < -0.3 is 0 Å². The van der Waals surface area contributed by atoms with Crippen molar-refractivity contribution in [3.05, 3.63) is 60.2 Å². The first-order valence-corrected chi connectivity index (χ1v) is 6.93. The molecule has 1 radical (unpaired) electrons. The highest BCUT2D eigenvalue weighted by Gasteiger charge is 2.30. The smallest absolute Gasteiger partial charge is 0.280 e. The molecule has 7 heteroatoms. The maximum Gasteiger partial charge on any atom is 0.416 e. The monoisotopic (exact) mass is 300 g/mol. The number of nitrogens with one attached hydrogen (secondary N) is 1. The third-order valence-electron chi connectivity index (χ3n) is 2.46. The summed E-state index contributed by atoms with van der Waals surface area (Å²) >= 11 is 0. The summed E-state index contributed by atoms with van der Waals surface area (Å²) in [5.74, 6) is 0. The Morgan fingerprint density at radius 1 is 0.950 bits per heavy atom. The number of halogens is 3. The first-order chi connectivity index (χ1) is 9.29. The largest absolute Gasteiger partial charge is 0.416 e. The Morgan fingerprint density at radius 3 is 2.00 bits per heavy atom. The van der Waals surface area contributed by atoms with Gasteiger partial charge in [-0.05, 0) is 42.5 Å². The summed E-state index contributed by atoms with van der Waals surface area (Å²) in [7, 11) is -3.91. The Labute approximate surface area is 114 Å². The molecule has 0 atom stereocenters. The number of hydrogen-bond donors (Lipinski definition) is 1. The van der Waals surface area contributed by atoms with E-state index < -0.39 is 21.8 Å². The Morgan fingerprint density at radius 2 is 1.50 bits per heavy atom. The molecular weight excluding hydrogens is 291 g/mol. The molecule has 0 aliphatic heterocycles. The van der Waals surface area contributed by atoms with Crippen LogP contribution in [-0.2, 0) is 16.2 Å². The molecule has 0 amide bonds. The lowest BCUT2D eigenvalue weighted by Crippen LogP contribution is -2.13. The fourth-order valence-corrected chi connectivity index (χ4v) is 2.55. The van der Waals surface area contributed by atoms with Crippen molar-refractivity contribution in [2.24, 2.45) is 0 Å². The van der Waals surface area contributed by atoms with Gasteiger partial charge in [-0.2, -0.15) is 13.2 Å². The van der Waals surface area contributed by atoms with Crippen LogP contribution in [0.4, 0.5) is 18.9 Å². The molecule has 0 spiro atoms. The van der Waals surface area contributed by atoms with Crippen LogP contribution in [0.15, 0.2) is 53.4 Å². The van der Waals surface area contributed by atoms with E-state index in [1.165, 1.54) is 24.3 Å². The van der Waals surface area contributed by atoms with Gasteiger partial charge in [-0.15, -0.1) is 0 Å². The van der Waals surface area contributed by atoms with Gasteiger partial charge in [-0.3, -0.25) is 4.72 Å². The van der Waals surface area contributed by atoms with E-state index in [0.717, 1.165) is 24.3 Å². The van der Waals surface area contributed by atoms with Gasteiger partial charge in [0.15, 0.2) is 0 Å². The van der Waals surface area contributed by atoms with E-state index in [4.69, 9.17) is 0 Å². The lowest BCUT2D eigenvalue weighted by molar-refractivity contribution is -0.137. The van der Waals surface area contributed by atoms with Gasteiger partial charge in [-0.25, -0.2) is 8.42 Å². The van der Waals surface area contributed by atoms with Gasteiger partial charge in [0.25, 0.3) is 10.0 Å². The van der Waals surface area contributed by atoms with Crippen LogP contribution in [0, 0.1) is 6.07 Å². The average molecular weight is 300 g/mol. The molecule has 2 rings (SSSR count). The molecule has 0 aromatic heterocycles. The third kappa shape index (κ3) is 3.30. The molecule has 105 valence electrons. The summed E-state index contributed by atoms with van der Waals surface area (Å²) in [6, 6.07) is 12.0. The molecule has 0 saturated heterocycles. The second-order valence-electron chi connectivity index (χ2n) is 3.92. The first-order valence-electron chi connectivity index (χ1n) is 5.45. The van der Waals surface area contributed by atoms with Crippen molar-refractivity contribution >= 4 is 15.7 Å². The van der Waals surface area contributed by atoms with E-state index in [-0.39, 0.29) is 4.90 Å². The molecule has 20 heavy (non-hydrogen) atoms. The van der Waals surface area contributed by atoms with Crippen molar-refractivity contribution in [2.45, 2.75) is 11.1 Å². The molecule has 0 heterocycles. The van der Waals surface area contributed by atoms with Crippen LogP contribution in [0.5, 0.6) is 0 Å². The van der Waals surface area contributed by atoms with Crippen molar-refractivity contribution < 1.29 is 21.6 Å². The van der Waals surface area contributed by atoms with Gasteiger partial charge in [-0.1, -0.05) is 12.1 Å². The molecule has 0 saturated carbocycles. The van der Waals surface area contributed by atoms with Gasteiger partial charge >= 0.3 is 6.18 Å². The maximum atomic E-state index is 12.4. The Kier molecular flexibility index (Phi) is 3.71. The van der Waals surface area contributed by atoms with Gasteiger partial charge in [0.1, 0.15) is 0 Å². The molecule has 0 fully saturated rings. The van der Waals surface area contributed by atoms with E-state index >= 15 is 0 Å². The van der Waals surface area contributed by atoms with Gasteiger partial charge in [0, 0.05) is 5.69 Å². The van der Waals surface area contributed by atoms with Crippen LogP contribution in [0.3, 0.4) is 0 Å². The molecule has 2 aromatic rings. The topological polar surface area (TPSA) is 46.2 Å². The highest BCUT2D eigenvalue weighted by Crippen LogP contribution is 2.29. The second kappa shape index (κ2) is 5.16. The minimum atomic E-state index is -4.50. The minimum absolute atomic E-state index is 0.238. The number of rotatable bonds is 3. The van der Waals surface area contributed by atoms with E-state index in [0.29, 0.717) is 5.69 Å². The predicted molar refractivity (Wildman–Crippen MR) is 67.5 cm³/mol. The van der Waals surface area contributed by atoms with Crippen LogP contribution < -0.4 is 4.72 Å². The summed E-state index contributed by atoms with van der Waals surface area (Å²) in [5.41, 5.74) is -0.589. The number of hydrogen-bond acceptors (Lipinski definition) is 2. The fraction of sp³-hybridized carbons (Fsp3) is 0.0769. The Balaban J connectivity index is 2.27. The molecule has 0 unspecified atom stereocenters. The molecule has 2 aromatic carbocycles. The van der Waals surface area contributed by atoms with E-state index in [9.17, 15) is 21.6 Å². The molecule has 3 nitrogen and oxygen atoms in total. The summed E-state index contributed by atoms with van der Waals surface area (Å²) in [6.45, 7) is 0. The van der Waals surface area contributed by atoms with Crippen molar-refractivity contribution in [1.29, 1.82) is 0 Å². The zero-order chi connectivity index (χ0) is 14.8. The van der Waals surface area contributed by atoms with Crippen LogP contribution in [0.25, 0.3) is 0 Å². The van der Waals surface area contributed by atoms with Crippen LogP contribution >= 0.6 is 0 Å². The van der Waals surface area contributed by atoms with Crippen molar-refractivity contribution in [1.82, 2.24) is 0 Å². The summed E-state index contributed by atoms with van der Waals surface area (Å²) in [5, 5.41) is 0. The number of anilines is 1. The van der Waals surface area contributed by atoms with Crippen LogP contribution in [-0.4, -0.2) is 8.42 Å². The number of benzene rings is 2. The van der Waals surface area contributed by atoms with Crippen molar-refractivity contribution in [3.8, 4) is 0 Å². The van der Waals surface area contributed by atoms with E-state index in [1.54, 1.807) is 0 Å². The SMILES string of the molecule is O=S(=O)(Nc1cc[c]cc1)c1ccc(C(F)(F)F)cc1. The highest BCUT2D eigenvalue weighted by atomic mass is 32.2. The lowest BCUT2D eigenvalue weighted by Gasteiger charge is -2.10. The minimum Gasteiger partial charge on any atom is -0.280 e. The van der Waals surface area contributed by atoms with Gasteiger partial charge in [0.2, 0.25) is 0 Å². The normalized spacial score (nSPS) is 12.2. The fourth-order valence-electron chi connectivity index (χ4n) is 1.49. The third-order valence-corrected chi connectivity index (χ3v) is 3.86. The maximum absolute atomic E-state index is 12.4. The molecule has 0 aliphatic rings. The summed E-state index contributed by atoms with van der Waals surface area (Å²) < 4.78 is 63.4. The van der Waals surface area contributed by atoms with Gasteiger partial charge in [0.05, 0.1) is 10.5 Å². The number of alkyl halides is 3. The molecule has 0 bridgehead atoms. The first kappa shape index (κ1) is 14.4. The Hall–Kier alpha value is -2.02. The standard InChI is InChI=1S/C13H9F3NO2S/c14-13(15,16)10-6-8-12(9-7-10)20(18,19)17-11-4-2-1-3-5-11/h2-9,17H. The zero-order valence-corrected chi connectivity index (χ0v) is 10.8. The molecule has 0 aliphatic carbocycles. The highest BCUT2D eigenvalue weighted by molar-refractivity contribution is 7.92. The second-order valence-corrected chi connectivity index (χ2v) is 5.60. The predicted octanol–water partition coefficient (Wildman–Crippen LogP) is 3.31. The zero-order valence-electron chi connectivity index (χ0n) is 9.98. The summed E-state index contributed by atoms with van der Waals surface area (Å²) in [4.78, 5) is -0.238. The van der Waals surface area contributed by atoms with Crippen LogP contribution in [0.1, 0.15) is 5.56 Å². The van der Waals surface area contributed by atoms with E-state index in [1.807, 2.05) is 0 Å². The molecule has 1 N–H and O–H groups in total. The van der Waals surface area contributed by atoms with Crippen molar-refractivity contribution in [2.75, 3.05) is 4.72 Å². The average Bonchev–Trinajstić information content (AvgIpc) is 2.38. The van der Waals surface area contributed by atoms with E-state index in [2.05, 4.69) is 10.8 Å². The van der Waals surface area contributed by atoms with Crippen molar-refractivity contribution in [3.63, 3.8) is 0 Å².